The molecule has 0 bridgehead atoms. The molecule has 5 nitrogen and oxygen atoms in total. The van der Waals surface area contributed by atoms with E-state index in [9.17, 15) is 4.79 Å². The number of hydrogen-bond donors (Lipinski definition) is 1. The SMILES string of the molecule is CC[C@H](NC(=O)c1cc(C)nn1CC)c1ncccc1C. The van der Waals surface area contributed by atoms with Gasteiger partial charge in [0.05, 0.1) is 17.4 Å². The molecular formula is C16H22N4O. The first-order chi connectivity index (χ1) is 10.1. The molecule has 2 aromatic rings. The summed E-state index contributed by atoms with van der Waals surface area (Å²) in [6.07, 6.45) is 2.56. The van der Waals surface area contributed by atoms with Gasteiger partial charge in [0.25, 0.3) is 5.91 Å². The minimum atomic E-state index is -0.102. The minimum Gasteiger partial charge on any atom is -0.342 e. The fourth-order valence-electron chi connectivity index (χ4n) is 2.43. The zero-order chi connectivity index (χ0) is 15.4. The Morgan fingerprint density at radius 1 is 1.38 bits per heavy atom. The molecule has 112 valence electrons. The van der Waals surface area contributed by atoms with Gasteiger partial charge in [-0.1, -0.05) is 13.0 Å². The lowest BCUT2D eigenvalue weighted by Crippen LogP contribution is -2.31. The van der Waals surface area contributed by atoms with Crippen LogP contribution in [0, 0.1) is 13.8 Å². The summed E-state index contributed by atoms with van der Waals surface area (Å²) in [5, 5.41) is 7.38. The Hall–Kier alpha value is -2.17. The van der Waals surface area contributed by atoms with Gasteiger partial charge in [0, 0.05) is 12.7 Å². The smallest absolute Gasteiger partial charge is 0.270 e. The second-order valence-corrected chi connectivity index (χ2v) is 5.13. The second kappa shape index (κ2) is 6.52. The van der Waals surface area contributed by atoms with Crippen molar-refractivity contribution < 1.29 is 4.79 Å². The summed E-state index contributed by atoms with van der Waals surface area (Å²) in [5.41, 5.74) is 3.46. The van der Waals surface area contributed by atoms with Crippen molar-refractivity contribution in [2.75, 3.05) is 0 Å². The third kappa shape index (κ3) is 3.29. The molecule has 0 unspecified atom stereocenters. The fraction of sp³-hybridized carbons (Fsp3) is 0.438. The van der Waals surface area contributed by atoms with Crippen molar-refractivity contribution in [2.24, 2.45) is 0 Å². The maximum atomic E-state index is 12.5. The Balaban J connectivity index is 2.22. The molecule has 2 rings (SSSR count). The number of nitrogens with zero attached hydrogens (tertiary/aromatic N) is 3. The number of amides is 1. The number of carbonyl (C=O) groups is 1. The summed E-state index contributed by atoms with van der Waals surface area (Å²) < 4.78 is 1.72. The summed E-state index contributed by atoms with van der Waals surface area (Å²) in [5.74, 6) is -0.102. The average molecular weight is 286 g/mol. The van der Waals surface area contributed by atoms with E-state index >= 15 is 0 Å². The van der Waals surface area contributed by atoms with Crippen molar-refractivity contribution in [1.29, 1.82) is 0 Å². The molecule has 0 saturated heterocycles. The van der Waals surface area contributed by atoms with Crippen LogP contribution in [0.1, 0.15) is 53.7 Å². The van der Waals surface area contributed by atoms with Crippen LogP contribution in [0.25, 0.3) is 0 Å². The van der Waals surface area contributed by atoms with Gasteiger partial charge in [-0.05, 0) is 44.9 Å². The molecule has 0 saturated carbocycles. The fourth-order valence-corrected chi connectivity index (χ4v) is 2.43. The zero-order valence-electron chi connectivity index (χ0n) is 13.1. The highest BCUT2D eigenvalue weighted by atomic mass is 16.2. The van der Waals surface area contributed by atoms with Gasteiger partial charge in [0.2, 0.25) is 0 Å². The first kappa shape index (κ1) is 15.2. The topological polar surface area (TPSA) is 59.8 Å². The second-order valence-electron chi connectivity index (χ2n) is 5.13. The Morgan fingerprint density at radius 2 is 2.14 bits per heavy atom. The van der Waals surface area contributed by atoms with E-state index in [1.807, 2.05) is 45.9 Å². The Bertz CT molecular complexity index is 633. The van der Waals surface area contributed by atoms with Gasteiger partial charge < -0.3 is 5.32 Å². The van der Waals surface area contributed by atoms with Crippen LogP contribution in [-0.2, 0) is 6.54 Å². The average Bonchev–Trinajstić information content (AvgIpc) is 2.86. The highest BCUT2D eigenvalue weighted by Crippen LogP contribution is 2.18. The third-order valence-electron chi connectivity index (χ3n) is 3.53. The van der Waals surface area contributed by atoms with E-state index in [2.05, 4.69) is 15.4 Å². The monoisotopic (exact) mass is 286 g/mol. The van der Waals surface area contributed by atoms with Gasteiger partial charge in [0.15, 0.2) is 0 Å². The molecule has 2 aromatic heterocycles. The van der Waals surface area contributed by atoms with Gasteiger partial charge >= 0.3 is 0 Å². The maximum Gasteiger partial charge on any atom is 0.270 e. The summed E-state index contributed by atoms with van der Waals surface area (Å²) in [6.45, 7) is 8.60. The Labute approximate surface area is 125 Å². The molecule has 0 aliphatic rings. The van der Waals surface area contributed by atoms with Crippen LogP contribution >= 0.6 is 0 Å². The number of aryl methyl sites for hydroxylation is 3. The normalized spacial score (nSPS) is 12.2. The van der Waals surface area contributed by atoms with E-state index < -0.39 is 0 Å². The zero-order valence-corrected chi connectivity index (χ0v) is 13.1. The molecule has 2 heterocycles. The predicted octanol–water partition coefficient (Wildman–Crippen LogP) is 2.80. The van der Waals surface area contributed by atoms with Crippen LogP contribution in [0.5, 0.6) is 0 Å². The lowest BCUT2D eigenvalue weighted by molar-refractivity contribution is 0.0923. The summed E-state index contributed by atoms with van der Waals surface area (Å²) >= 11 is 0. The molecule has 21 heavy (non-hydrogen) atoms. The molecule has 0 aromatic carbocycles. The van der Waals surface area contributed by atoms with Crippen molar-refractivity contribution >= 4 is 5.91 Å². The quantitative estimate of drug-likeness (QED) is 0.919. The van der Waals surface area contributed by atoms with E-state index in [1.54, 1.807) is 10.9 Å². The van der Waals surface area contributed by atoms with Crippen LogP contribution in [-0.4, -0.2) is 20.7 Å². The predicted molar refractivity (Wildman–Crippen MR) is 82.1 cm³/mol. The number of hydrogen-bond acceptors (Lipinski definition) is 3. The van der Waals surface area contributed by atoms with Gasteiger partial charge in [-0.25, -0.2) is 0 Å². The standard InChI is InChI=1S/C16H22N4O/c1-5-13(15-11(3)8-7-9-17-15)18-16(21)14-10-12(4)19-20(14)6-2/h7-10,13H,5-6H2,1-4H3,(H,18,21)/t13-/m0/s1. The van der Waals surface area contributed by atoms with E-state index in [4.69, 9.17) is 0 Å². The lowest BCUT2D eigenvalue weighted by Gasteiger charge is -2.18. The van der Waals surface area contributed by atoms with Crippen molar-refractivity contribution in [2.45, 2.75) is 46.7 Å². The van der Waals surface area contributed by atoms with Crippen LogP contribution < -0.4 is 5.32 Å². The van der Waals surface area contributed by atoms with Crippen molar-refractivity contribution in [3.63, 3.8) is 0 Å². The van der Waals surface area contributed by atoms with Crippen LogP contribution in [0.3, 0.4) is 0 Å². The third-order valence-corrected chi connectivity index (χ3v) is 3.53. The van der Waals surface area contributed by atoms with Gasteiger partial charge in [0.1, 0.15) is 5.69 Å². The van der Waals surface area contributed by atoms with Crippen LogP contribution in [0.15, 0.2) is 24.4 Å². The number of pyridine rings is 1. The van der Waals surface area contributed by atoms with Crippen molar-refractivity contribution in [3.05, 3.63) is 47.0 Å². The maximum absolute atomic E-state index is 12.5. The Kier molecular flexibility index (Phi) is 4.73. The number of aromatic nitrogens is 3. The molecule has 5 heteroatoms. The molecule has 0 fully saturated rings. The molecule has 1 N–H and O–H groups in total. The molecule has 0 radical (unpaired) electrons. The van der Waals surface area contributed by atoms with Gasteiger partial charge in [-0.3, -0.25) is 14.5 Å². The van der Waals surface area contributed by atoms with E-state index in [1.165, 1.54) is 0 Å². The number of nitrogens with one attached hydrogen (secondary N) is 1. The van der Waals surface area contributed by atoms with Crippen molar-refractivity contribution in [1.82, 2.24) is 20.1 Å². The van der Waals surface area contributed by atoms with Crippen LogP contribution in [0.2, 0.25) is 0 Å². The summed E-state index contributed by atoms with van der Waals surface area (Å²) in [4.78, 5) is 16.9. The van der Waals surface area contributed by atoms with E-state index in [0.29, 0.717) is 12.2 Å². The van der Waals surface area contributed by atoms with Gasteiger partial charge in [-0.2, -0.15) is 5.10 Å². The molecule has 1 amide bonds. The number of carbonyl (C=O) groups excluding carboxylic acids is 1. The van der Waals surface area contributed by atoms with E-state index in [-0.39, 0.29) is 11.9 Å². The molecule has 1 atom stereocenters. The number of rotatable bonds is 5. The van der Waals surface area contributed by atoms with Crippen LogP contribution in [0.4, 0.5) is 0 Å². The first-order valence-corrected chi connectivity index (χ1v) is 7.33. The highest BCUT2D eigenvalue weighted by Gasteiger charge is 2.19. The van der Waals surface area contributed by atoms with E-state index in [0.717, 1.165) is 23.4 Å². The molecule has 0 aliphatic carbocycles. The lowest BCUT2D eigenvalue weighted by atomic mass is 10.1. The molecule has 0 aliphatic heterocycles. The molecule has 0 spiro atoms. The minimum absolute atomic E-state index is 0.0841. The van der Waals surface area contributed by atoms with Crippen molar-refractivity contribution in [3.8, 4) is 0 Å². The summed E-state index contributed by atoms with van der Waals surface area (Å²) in [6, 6.07) is 5.65. The van der Waals surface area contributed by atoms with Gasteiger partial charge in [-0.15, -0.1) is 0 Å². The largest absolute Gasteiger partial charge is 0.342 e. The Morgan fingerprint density at radius 3 is 2.76 bits per heavy atom. The highest BCUT2D eigenvalue weighted by molar-refractivity contribution is 5.93. The first-order valence-electron chi connectivity index (χ1n) is 7.33. The molecular weight excluding hydrogens is 264 g/mol. The summed E-state index contributed by atoms with van der Waals surface area (Å²) in [7, 11) is 0.